The highest BCUT2D eigenvalue weighted by Gasteiger charge is 2.07. The summed E-state index contributed by atoms with van der Waals surface area (Å²) in [4.78, 5) is 6.71. The summed E-state index contributed by atoms with van der Waals surface area (Å²) in [5, 5.41) is 3.13. The monoisotopic (exact) mass is 400 g/mol. The van der Waals surface area contributed by atoms with Gasteiger partial charge in [0.25, 0.3) is 0 Å². The molecule has 0 bridgehead atoms. The lowest BCUT2D eigenvalue weighted by Gasteiger charge is -2.18. The predicted molar refractivity (Wildman–Crippen MR) is 101 cm³/mol. The molecule has 1 aliphatic heterocycles. The molecule has 0 saturated carbocycles. The molecule has 4 nitrogen and oxygen atoms in total. The molecule has 5 heteroatoms. The summed E-state index contributed by atoms with van der Waals surface area (Å²) in [6.07, 6.45) is 4.39. The Morgan fingerprint density at radius 3 is 2.71 bits per heavy atom. The van der Waals surface area contributed by atoms with Crippen molar-refractivity contribution in [2.75, 3.05) is 24.5 Å². The number of hydrogen-bond acceptors (Lipinski definition) is 2. The second kappa shape index (κ2) is 8.92. The molecule has 0 amide bonds. The maximum absolute atomic E-state index is 5.85. The summed E-state index contributed by atoms with van der Waals surface area (Å²) in [5.74, 6) is 1.08. The molecule has 0 aliphatic carbocycles. The first kappa shape index (κ1) is 17.8. The Balaban J connectivity index is 0.00000220. The molecular weight excluding hydrogens is 375 g/mol. The third kappa shape index (κ3) is 5.95. The van der Waals surface area contributed by atoms with Crippen LogP contribution in [0.2, 0.25) is 0 Å². The number of aliphatic imine (C=N–C) groups is 1. The van der Waals surface area contributed by atoms with Crippen LogP contribution in [0.3, 0.4) is 0 Å². The van der Waals surface area contributed by atoms with Crippen molar-refractivity contribution in [1.29, 1.82) is 0 Å². The van der Waals surface area contributed by atoms with E-state index in [-0.39, 0.29) is 24.0 Å². The van der Waals surface area contributed by atoms with E-state index in [1.54, 1.807) is 0 Å². The lowest BCUT2D eigenvalue weighted by Crippen LogP contribution is -2.34. The minimum absolute atomic E-state index is 0. The van der Waals surface area contributed by atoms with Gasteiger partial charge in [0.15, 0.2) is 5.96 Å². The van der Waals surface area contributed by atoms with Gasteiger partial charge in [0.05, 0.1) is 6.54 Å². The highest BCUT2D eigenvalue weighted by molar-refractivity contribution is 14.0. The van der Waals surface area contributed by atoms with Crippen molar-refractivity contribution in [2.45, 2.75) is 20.4 Å². The minimum Gasteiger partial charge on any atom is -0.370 e. The van der Waals surface area contributed by atoms with Crippen LogP contribution in [0.5, 0.6) is 0 Å². The molecule has 0 spiro atoms. The van der Waals surface area contributed by atoms with Crippen LogP contribution < -0.4 is 16.0 Å². The van der Waals surface area contributed by atoms with E-state index in [9.17, 15) is 0 Å². The summed E-state index contributed by atoms with van der Waals surface area (Å²) < 4.78 is 0. The molecule has 0 atom stereocenters. The van der Waals surface area contributed by atoms with Gasteiger partial charge in [0.1, 0.15) is 0 Å². The zero-order valence-corrected chi connectivity index (χ0v) is 15.1. The lowest BCUT2D eigenvalue weighted by molar-refractivity contribution is 0.622. The number of benzene rings is 1. The fraction of sp³-hybridized carbons (Fsp3) is 0.438. The minimum atomic E-state index is 0. The Morgan fingerprint density at radius 2 is 2.05 bits per heavy atom. The third-order valence-corrected chi connectivity index (χ3v) is 3.22. The van der Waals surface area contributed by atoms with Crippen molar-refractivity contribution >= 4 is 35.6 Å². The Labute approximate surface area is 144 Å². The number of nitrogens with one attached hydrogen (secondary N) is 1. The van der Waals surface area contributed by atoms with Gasteiger partial charge in [-0.2, -0.15) is 0 Å². The maximum atomic E-state index is 5.85. The number of halogens is 1. The maximum Gasteiger partial charge on any atom is 0.188 e. The van der Waals surface area contributed by atoms with Gasteiger partial charge in [-0.05, 0) is 23.6 Å². The van der Waals surface area contributed by atoms with Crippen molar-refractivity contribution in [2.24, 2.45) is 16.6 Å². The topological polar surface area (TPSA) is 53.6 Å². The van der Waals surface area contributed by atoms with E-state index in [1.807, 2.05) is 0 Å². The largest absolute Gasteiger partial charge is 0.370 e. The molecule has 0 radical (unpaired) electrons. The van der Waals surface area contributed by atoms with Crippen molar-refractivity contribution in [1.82, 2.24) is 5.32 Å². The molecule has 0 aromatic heterocycles. The second-order valence-electron chi connectivity index (χ2n) is 5.52. The summed E-state index contributed by atoms with van der Waals surface area (Å²) in [6, 6.07) is 8.50. The number of guanidine groups is 1. The first-order chi connectivity index (χ1) is 9.65. The lowest BCUT2D eigenvalue weighted by atomic mass is 10.2. The zero-order chi connectivity index (χ0) is 14.4. The normalized spacial score (nSPS) is 14.4. The van der Waals surface area contributed by atoms with Crippen LogP contribution in [0.1, 0.15) is 19.4 Å². The first-order valence-electron chi connectivity index (χ1n) is 7.18. The summed E-state index contributed by atoms with van der Waals surface area (Å²) in [7, 11) is 0. The highest BCUT2D eigenvalue weighted by atomic mass is 127. The van der Waals surface area contributed by atoms with Crippen LogP contribution in [0, 0.1) is 5.92 Å². The first-order valence-corrected chi connectivity index (χ1v) is 7.18. The van der Waals surface area contributed by atoms with E-state index in [2.05, 4.69) is 65.5 Å². The standard InChI is InChI=1S/C16H24N4.HI/c1-13(2)11-18-16(17)19-12-14-6-5-7-15(10-14)20-8-3-4-9-20;/h3-7,10,13H,8-9,11-12H2,1-2H3,(H3,17,18,19);1H. The molecule has 1 aliphatic rings. The molecule has 1 aromatic rings. The van der Waals surface area contributed by atoms with Gasteiger partial charge in [-0.1, -0.05) is 38.1 Å². The van der Waals surface area contributed by atoms with Crippen LogP contribution in [0.15, 0.2) is 41.4 Å². The average molecular weight is 400 g/mol. The molecule has 116 valence electrons. The quantitative estimate of drug-likeness (QED) is 0.346. The average Bonchev–Trinajstić information content (AvgIpc) is 2.97. The molecule has 0 fully saturated rings. The SMILES string of the molecule is CC(C)CNC(N)=NCc1cccc(N2CC=CC2)c1.I. The van der Waals surface area contributed by atoms with E-state index in [1.165, 1.54) is 11.3 Å². The van der Waals surface area contributed by atoms with Gasteiger partial charge in [-0.25, -0.2) is 4.99 Å². The smallest absolute Gasteiger partial charge is 0.188 e. The van der Waals surface area contributed by atoms with Crippen molar-refractivity contribution in [3.63, 3.8) is 0 Å². The van der Waals surface area contributed by atoms with Gasteiger partial charge < -0.3 is 16.0 Å². The number of rotatable bonds is 5. The fourth-order valence-electron chi connectivity index (χ4n) is 2.08. The van der Waals surface area contributed by atoms with E-state index < -0.39 is 0 Å². The molecule has 2 rings (SSSR count). The molecule has 0 unspecified atom stereocenters. The summed E-state index contributed by atoms with van der Waals surface area (Å²) >= 11 is 0. The van der Waals surface area contributed by atoms with E-state index in [0.717, 1.165) is 19.6 Å². The predicted octanol–water partition coefficient (Wildman–Crippen LogP) is 2.74. The van der Waals surface area contributed by atoms with Crippen LogP contribution in [0.4, 0.5) is 5.69 Å². The number of nitrogens with two attached hydrogens (primary N) is 1. The van der Waals surface area contributed by atoms with Gasteiger partial charge in [-0.15, -0.1) is 24.0 Å². The number of nitrogens with zero attached hydrogens (tertiary/aromatic N) is 2. The van der Waals surface area contributed by atoms with E-state index in [0.29, 0.717) is 18.4 Å². The Kier molecular flexibility index (Phi) is 7.56. The highest BCUT2D eigenvalue weighted by Crippen LogP contribution is 2.18. The fourth-order valence-corrected chi connectivity index (χ4v) is 2.08. The Morgan fingerprint density at radius 1 is 1.33 bits per heavy atom. The van der Waals surface area contributed by atoms with Gasteiger partial charge >= 0.3 is 0 Å². The third-order valence-electron chi connectivity index (χ3n) is 3.22. The molecule has 21 heavy (non-hydrogen) atoms. The van der Waals surface area contributed by atoms with Gasteiger partial charge in [0.2, 0.25) is 0 Å². The van der Waals surface area contributed by atoms with Crippen LogP contribution in [0.25, 0.3) is 0 Å². The molecular formula is C16H25IN4. The van der Waals surface area contributed by atoms with Crippen LogP contribution in [-0.4, -0.2) is 25.6 Å². The second-order valence-corrected chi connectivity index (χ2v) is 5.52. The van der Waals surface area contributed by atoms with E-state index in [4.69, 9.17) is 5.73 Å². The summed E-state index contributed by atoms with van der Waals surface area (Å²) in [5.41, 5.74) is 8.28. The van der Waals surface area contributed by atoms with Crippen molar-refractivity contribution in [3.05, 3.63) is 42.0 Å². The molecule has 0 saturated heterocycles. The van der Waals surface area contributed by atoms with Gasteiger partial charge in [0, 0.05) is 25.3 Å². The zero-order valence-electron chi connectivity index (χ0n) is 12.7. The summed E-state index contributed by atoms with van der Waals surface area (Å²) in [6.45, 7) is 7.75. The van der Waals surface area contributed by atoms with E-state index >= 15 is 0 Å². The number of anilines is 1. The van der Waals surface area contributed by atoms with Crippen LogP contribution in [-0.2, 0) is 6.54 Å². The van der Waals surface area contributed by atoms with Gasteiger partial charge in [-0.3, -0.25) is 0 Å². The molecule has 1 aromatic carbocycles. The van der Waals surface area contributed by atoms with Crippen LogP contribution >= 0.6 is 24.0 Å². The molecule has 1 heterocycles. The molecule has 3 N–H and O–H groups in total. The number of hydrogen-bond donors (Lipinski definition) is 2. The Bertz CT molecular complexity index is 489. The Hall–Kier alpha value is -1.24. The van der Waals surface area contributed by atoms with Crippen molar-refractivity contribution < 1.29 is 0 Å². The van der Waals surface area contributed by atoms with Crippen molar-refractivity contribution in [3.8, 4) is 0 Å².